The molecule has 0 radical (unpaired) electrons. The van der Waals surface area contributed by atoms with Gasteiger partial charge in [-0.25, -0.2) is 4.99 Å². The average molecular weight is 372 g/mol. The lowest BCUT2D eigenvalue weighted by Crippen LogP contribution is -2.57. The van der Waals surface area contributed by atoms with Crippen LogP contribution in [-0.2, 0) is 14.3 Å². The van der Waals surface area contributed by atoms with Crippen LogP contribution in [0.4, 0.5) is 0 Å². The van der Waals surface area contributed by atoms with E-state index in [1.165, 1.54) is 0 Å². The number of hydrogen-bond acceptors (Lipinski definition) is 6. The minimum atomic E-state index is -0.965. The molecule has 0 aliphatic carbocycles. The molecule has 1 fully saturated rings. The summed E-state index contributed by atoms with van der Waals surface area (Å²) in [4.78, 5) is 34.5. The second-order valence-electron chi connectivity index (χ2n) is 6.95. The van der Waals surface area contributed by atoms with Crippen molar-refractivity contribution in [3.05, 3.63) is 35.4 Å². The Morgan fingerprint density at radius 2 is 1.85 bits per heavy atom. The van der Waals surface area contributed by atoms with Crippen LogP contribution in [0.2, 0.25) is 0 Å². The van der Waals surface area contributed by atoms with Gasteiger partial charge < -0.3 is 14.5 Å². The largest absolute Gasteiger partial charge is 0.465 e. The Morgan fingerprint density at radius 3 is 2.44 bits per heavy atom. The van der Waals surface area contributed by atoms with E-state index >= 15 is 0 Å². The summed E-state index contributed by atoms with van der Waals surface area (Å²) in [6, 6.07) is 7.23. The molecule has 2 heterocycles. The molecular formula is C20H28N4O3. The van der Waals surface area contributed by atoms with Gasteiger partial charge in [-0.05, 0) is 26.0 Å². The zero-order valence-corrected chi connectivity index (χ0v) is 16.3. The first-order chi connectivity index (χ1) is 13.0. The zero-order chi connectivity index (χ0) is 19.4. The van der Waals surface area contributed by atoms with E-state index < -0.39 is 17.9 Å². The molecular weight excluding hydrogens is 344 g/mol. The molecule has 0 saturated carbocycles. The molecule has 27 heavy (non-hydrogen) atoms. The molecule has 146 valence electrons. The van der Waals surface area contributed by atoms with Crippen molar-refractivity contribution in [3.8, 4) is 0 Å². The van der Waals surface area contributed by atoms with Gasteiger partial charge in [-0.3, -0.25) is 14.9 Å². The van der Waals surface area contributed by atoms with E-state index in [1.807, 2.05) is 31.2 Å². The van der Waals surface area contributed by atoms with Gasteiger partial charge in [-0.1, -0.05) is 36.8 Å². The van der Waals surface area contributed by atoms with Crippen LogP contribution < -0.4 is 5.32 Å². The van der Waals surface area contributed by atoms with Crippen LogP contribution in [0.3, 0.4) is 0 Å². The Labute approximate surface area is 160 Å². The number of benzene rings is 1. The van der Waals surface area contributed by atoms with Crippen LogP contribution in [-0.4, -0.2) is 67.0 Å². The number of hydrogen-bond donors (Lipinski definition) is 1. The third-order valence-corrected chi connectivity index (χ3v) is 5.17. The number of nitrogens with zero attached hydrogens (tertiary/aromatic N) is 3. The molecule has 0 spiro atoms. The molecule has 1 N–H and O–H groups in total. The van der Waals surface area contributed by atoms with Gasteiger partial charge in [-0.2, -0.15) is 0 Å². The van der Waals surface area contributed by atoms with E-state index in [4.69, 9.17) is 9.73 Å². The fourth-order valence-corrected chi connectivity index (χ4v) is 3.51. The Hall–Kier alpha value is -2.41. The number of esters is 1. The summed E-state index contributed by atoms with van der Waals surface area (Å²) in [7, 11) is 0. The third kappa shape index (κ3) is 4.30. The van der Waals surface area contributed by atoms with Gasteiger partial charge in [0.1, 0.15) is 6.04 Å². The quantitative estimate of drug-likeness (QED) is 0.638. The number of piperazine rings is 1. The van der Waals surface area contributed by atoms with Crippen molar-refractivity contribution in [2.24, 2.45) is 10.9 Å². The molecule has 1 aromatic rings. The second-order valence-corrected chi connectivity index (χ2v) is 6.95. The van der Waals surface area contributed by atoms with Gasteiger partial charge in [-0.15, -0.1) is 0 Å². The lowest BCUT2D eigenvalue weighted by molar-refractivity contribution is -0.153. The highest BCUT2D eigenvalue weighted by atomic mass is 16.5. The molecule has 2 aliphatic rings. The molecule has 7 heteroatoms. The number of nitrogens with one attached hydrogen (secondary N) is 1. The van der Waals surface area contributed by atoms with E-state index in [9.17, 15) is 9.59 Å². The minimum Gasteiger partial charge on any atom is -0.465 e. The normalized spacial score (nSPS) is 23.6. The Kier molecular flexibility index (Phi) is 6.11. The van der Waals surface area contributed by atoms with Crippen molar-refractivity contribution in [2.75, 3.05) is 39.3 Å². The van der Waals surface area contributed by atoms with Crippen molar-refractivity contribution >= 4 is 17.8 Å². The second kappa shape index (κ2) is 8.52. The smallest absolute Gasteiger partial charge is 0.321 e. The van der Waals surface area contributed by atoms with Gasteiger partial charge in [0.05, 0.1) is 6.61 Å². The van der Waals surface area contributed by atoms with Crippen LogP contribution in [0.25, 0.3) is 0 Å². The number of carbonyl (C=O) groups excluding carboxylic acids is 2. The third-order valence-electron chi connectivity index (χ3n) is 5.17. The fourth-order valence-electron chi connectivity index (χ4n) is 3.51. The number of guanidine groups is 1. The van der Waals surface area contributed by atoms with Crippen molar-refractivity contribution in [2.45, 2.75) is 26.8 Å². The average Bonchev–Trinajstić information content (AvgIpc) is 2.68. The molecule has 3 rings (SSSR count). The van der Waals surface area contributed by atoms with Gasteiger partial charge in [0.15, 0.2) is 5.92 Å². The SMILES string of the molecule is CCOC(=O)[C@@H]1C(=O)NC(N2CCN(CC)CC2)=N[C@H]1c1ccc(C)cc1. The number of rotatable bonds is 4. The zero-order valence-electron chi connectivity index (χ0n) is 16.3. The summed E-state index contributed by atoms with van der Waals surface area (Å²) in [5.74, 6) is -1.28. The maximum Gasteiger partial charge on any atom is 0.321 e. The first-order valence-electron chi connectivity index (χ1n) is 9.62. The van der Waals surface area contributed by atoms with E-state index in [0.29, 0.717) is 5.96 Å². The van der Waals surface area contributed by atoms with E-state index in [0.717, 1.165) is 43.9 Å². The van der Waals surface area contributed by atoms with Crippen molar-refractivity contribution in [1.29, 1.82) is 0 Å². The van der Waals surface area contributed by atoms with E-state index in [-0.39, 0.29) is 12.5 Å². The molecule has 1 amide bonds. The monoisotopic (exact) mass is 372 g/mol. The van der Waals surface area contributed by atoms with E-state index in [1.54, 1.807) is 6.92 Å². The molecule has 1 aromatic carbocycles. The lowest BCUT2D eigenvalue weighted by Gasteiger charge is -2.38. The number of aliphatic imine (C=N–C) groups is 1. The number of likely N-dealkylation sites (N-methyl/N-ethyl adjacent to an activating group) is 1. The van der Waals surface area contributed by atoms with Gasteiger partial charge in [0, 0.05) is 26.2 Å². The summed E-state index contributed by atoms with van der Waals surface area (Å²) in [6.07, 6.45) is 0. The maximum absolute atomic E-state index is 12.8. The topological polar surface area (TPSA) is 74.2 Å². The first-order valence-corrected chi connectivity index (χ1v) is 9.62. The van der Waals surface area contributed by atoms with Crippen LogP contribution in [0.5, 0.6) is 0 Å². The van der Waals surface area contributed by atoms with Gasteiger partial charge in [0.25, 0.3) is 0 Å². The number of amides is 1. The molecule has 2 aliphatic heterocycles. The first kappa shape index (κ1) is 19.4. The molecule has 0 aromatic heterocycles. The molecule has 0 bridgehead atoms. The van der Waals surface area contributed by atoms with Crippen molar-refractivity contribution < 1.29 is 14.3 Å². The van der Waals surface area contributed by atoms with Crippen LogP contribution in [0.15, 0.2) is 29.3 Å². The molecule has 0 unspecified atom stereocenters. The standard InChI is InChI=1S/C20H28N4O3/c1-4-23-10-12-24(13-11-23)20-21-17(15-8-6-14(3)7-9-15)16(18(25)22-20)19(26)27-5-2/h6-9,16-17H,4-5,10-13H2,1-3H3,(H,21,22,25)/t16-,17-/m0/s1. The van der Waals surface area contributed by atoms with Gasteiger partial charge >= 0.3 is 5.97 Å². The molecule has 1 saturated heterocycles. The minimum absolute atomic E-state index is 0.235. The van der Waals surface area contributed by atoms with Crippen molar-refractivity contribution in [3.63, 3.8) is 0 Å². The highest BCUT2D eigenvalue weighted by molar-refractivity contribution is 6.08. The highest BCUT2D eigenvalue weighted by Crippen LogP contribution is 2.31. The highest BCUT2D eigenvalue weighted by Gasteiger charge is 2.42. The predicted octanol–water partition coefficient (Wildman–Crippen LogP) is 1.34. The Morgan fingerprint density at radius 1 is 1.19 bits per heavy atom. The fraction of sp³-hybridized carbons (Fsp3) is 0.550. The predicted molar refractivity (Wildman–Crippen MR) is 103 cm³/mol. The molecule has 7 nitrogen and oxygen atoms in total. The van der Waals surface area contributed by atoms with E-state index in [2.05, 4.69) is 22.0 Å². The van der Waals surface area contributed by atoms with Gasteiger partial charge in [0.2, 0.25) is 11.9 Å². The lowest BCUT2D eigenvalue weighted by atomic mass is 9.91. The Balaban J connectivity index is 1.90. The van der Waals surface area contributed by atoms with Crippen LogP contribution in [0.1, 0.15) is 31.0 Å². The summed E-state index contributed by atoms with van der Waals surface area (Å²) in [5.41, 5.74) is 1.96. The maximum atomic E-state index is 12.8. The summed E-state index contributed by atoms with van der Waals surface area (Å²) < 4.78 is 5.15. The number of carbonyl (C=O) groups is 2. The van der Waals surface area contributed by atoms with Crippen molar-refractivity contribution in [1.82, 2.24) is 15.1 Å². The number of ether oxygens (including phenoxy) is 1. The Bertz CT molecular complexity index is 708. The summed E-state index contributed by atoms with van der Waals surface area (Å²) in [5, 5.41) is 2.84. The summed E-state index contributed by atoms with van der Waals surface area (Å²) >= 11 is 0. The van der Waals surface area contributed by atoms with Crippen LogP contribution in [0, 0.1) is 12.8 Å². The molecule has 2 atom stereocenters. The number of aryl methyl sites for hydroxylation is 1. The summed E-state index contributed by atoms with van der Waals surface area (Å²) in [6.45, 7) is 10.6. The van der Waals surface area contributed by atoms with Crippen LogP contribution >= 0.6 is 0 Å².